The van der Waals surface area contributed by atoms with Gasteiger partial charge in [-0.1, -0.05) is 90.5 Å². The van der Waals surface area contributed by atoms with E-state index in [0.717, 1.165) is 42.3 Å². The van der Waals surface area contributed by atoms with Crippen LogP contribution >= 0.6 is 11.6 Å². The SMILES string of the molecule is CCN(CC)c1ccc(C(=CC=C(c2ccccc2)c2ccc(Cl)cc2)c2ccc(N(CC)CC)cc2)cc1. The van der Waals surface area contributed by atoms with Crippen molar-refractivity contribution in [1.29, 1.82) is 0 Å². The molecule has 0 saturated heterocycles. The Kier molecular flexibility index (Phi) is 10.1. The Balaban J connectivity index is 1.84. The minimum atomic E-state index is 0.740. The molecule has 0 bridgehead atoms. The lowest BCUT2D eigenvalue weighted by Gasteiger charge is -2.22. The van der Waals surface area contributed by atoms with Crippen molar-refractivity contribution < 1.29 is 0 Å². The summed E-state index contributed by atoms with van der Waals surface area (Å²) in [5.74, 6) is 0. The van der Waals surface area contributed by atoms with Gasteiger partial charge in [0.2, 0.25) is 0 Å². The standard InChI is InChI=1S/C36H39ClN2/c1-5-38(6-2)33-22-16-30(17-23-33)36(31-18-24-34(25-19-31)39(7-3)8-4)27-26-35(28-12-10-9-11-13-28)29-14-20-32(37)21-15-29/h9-27H,5-8H2,1-4H3. The van der Waals surface area contributed by atoms with Crippen molar-refractivity contribution in [2.24, 2.45) is 0 Å². The van der Waals surface area contributed by atoms with Crippen LogP contribution in [0.25, 0.3) is 11.1 Å². The molecule has 0 atom stereocenters. The molecule has 0 aliphatic carbocycles. The Morgan fingerprint density at radius 2 is 0.821 bits per heavy atom. The first-order valence-electron chi connectivity index (χ1n) is 14.0. The third-order valence-corrected chi connectivity index (χ3v) is 7.52. The van der Waals surface area contributed by atoms with Crippen molar-refractivity contribution in [2.45, 2.75) is 27.7 Å². The Labute approximate surface area is 239 Å². The maximum absolute atomic E-state index is 6.22. The van der Waals surface area contributed by atoms with Gasteiger partial charge in [-0.05, 0) is 97.5 Å². The van der Waals surface area contributed by atoms with E-state index in [9.17, 15) is 0 Å². The molecule has 2 nitrogen and oxygen atoms in total. The van der Waals surface area contributed by atoms with Crippen molar-refractivity contribution in [2.75, 3.05) is 36.0 Å². The predicted molar refractivity (Wildman–Crippen MR) is 172 cm³/mol. The highest BCUT2D eigenvalue weighted by Crippen LogP contribution is 2.30. The lowest BCUT2D eigenvalue weighted by molar-refractivity contribution is 0.866. The van der Waals surface area contributed by atoms with Crippen molar-refractivity contribution >= 4 is 34.1 Å². The topological polar surface area (TPSA) is 6.48 Å². The van der Waals surface area contributed by atoms with E-state index < -0.39 is 0 Å². The highest BCUT2D eigenvalue weighted by molar-refractivity contribution is 6.30. The van der Waals surface area contributed by atoms with Crippen molar-refractivity contribution in [3.8, 4) is 0 Å². The van der Waals surface area contributed by atoms with Gasteiger partial charge in [-0.3, -0.25) is 0 Å². The molecule has 200 valence electrons. The second-order valence-corrected chi connectivity index (χ2v) is 9.91. The third-order valence-electron chi connectivity index (χ3n) is 7.27. The summed E-state index contributed by atoms with van der Waals surface area (Å²) >= 11 is 6.22. The van der Waals surface area contributed by atoms with Crippen LogP contribution in [0.3, 0.4) is 0 Å². The molecular formula is C36H39ClN2. The van der Waals surface area contributed by atoms with Gasteiger partial charge in [0.25, 0.3) is 0 Å². The second kappa shape index (κ2) is 13.9. The molecule has 0 amide bonds. The molecular weight excluding hydrogens is 496 g/mol. The summed E-state index contributed by atoms with van der Waals surface area (Å²) < 4.78 is 0. The summed E-state index contributed by atoms with van der Waals surface area (Å²) in [6.07, 6.45) is 4.50. The van der Waals surface area contributed by atoms with Gasteiger partial charge in [-0.25, -0.2) is 0 Å². The first-order valence-corrected chi connectivity index (χ1v) is 14.4. The van der Waals surface area contributed by atoms with Gasteiger partial charge in [0, 0.05) is 42.6 Å². The predicted octanol–water partition coefficient (Wildman–Crippen LogP) is 9.60. The fourth-order valence-corrected chi connectivity index (χ4v) is 5.14. The molecule has 3 heteroatoms. The molecule has 4 rings (SSSR count). The van der Waals surface area contributed by atoms with Gasteiger partial charge in [0.1, 0.15) is 0 Å². The first kappa shape index (κ1) is 28.3. The minimum absolute atomic E-state index is 0.740. The molecule has 0 radical (unpaired) electrons. The normalized spacial score (nSPS) is 11.3. The molecule has 0 aromatic heterocycles. The van der Waals surface area contributed by atoms with Gasteiger partial charge in [-0.2, -0.15) is 0 Å². The van der Waals surface area contributed by atoms with Gasteiger partial charge >= 0.3 is 0 Å². The number of benzene rings is 4. The molecule has 0 unspecified atom stereocenters. The average molecular weight is 535 g/mol. The molecule has 0 N–H and O–H groups in total. The highest BCUT2D eigenvalue weighted by Gasteiger charge is 2.10. The average Bonchev–Trinajstić information content (AvgIpc) is 2.99. The number of halogens is 1. The molecule has 0 saturated carbocycles. The molecule has 0 aliphatic rings. The van der Waals surface area contributed by atoms with Gasteiger partial charge in [0.15, 0.2) is 0 Å². The molecule has 0 heterocycles. The van der Waals surface area contributed by atoms with E-state index >= 15 is 0 Å². The lowest BCUT2D eigenvalue weighted by Crippen LogP contribution is -2.21. The number of anilines is 2. The first-order chi connectivity index (χ1) is 19.1. The van der Waals surface area contributed by atoms with Crippen molar-refractivity contribution in [1.82, 2.24) is 0 Å². The molecule has 4 aromatic carbocycles. The van der Waals surface area contributed by atoms with E-state index in [1.54, 1.807) is 0 Å². The van der Waals surface area contributed by atoms with Gasteiger partial charge in [-0.15, -0.1) is 0 Å². The van der Waals surface area contributed by atoms with Crippen LogP contribution in [0.2, 0.25) is 5.02 Å². The second-order valence-electron chi connectivity index (χ2n) is 9.47. The molecule has 0 spiro atoms. The fraction of sp³-hybridized carbons (Fsp3) is 0.222. The Bertz CT molecular complexity index is 1300. The van der Waals surface area contributed by atoms with Crippen LogP contribution in [0.15, 0.2) is 115 Å². The Morgan fingerprint density at radius 3 is 1.18 bits per heavy atom. The number of hydrogen-bond donors (Lipinski definition) is 0. The van der Waals surface area contributed by atoms with E-state index in [2.05, 4.69) is 141 Å². The summed E-state index contributed by atoms with van der Waals surface area (Å²) in [7, 11) is 0. The number of nitrogens with zero attached hydrogens (tertiary/aromatic N) is 2. The lowest BCUT2D eigenvalue weighted by atomic mass is 9.93. The summed E-state index contributed by atoms with van der Waals surface area (Å²) in [6, 6.07) is 36.6. The van der Waals surface area contributed by atoms with Crippen LogP contribution in [0.1, 0.15) is 49.9 Å². The summed E-state index contributed by atoms with van der Waals surface area (Å²) in [5.41, 5.74) is 9.55. The van der Waals surface area contributed by atoms with Crippen molar-refractivity contribution in [3.63, 3.8) is 0 Å². The van der Waals surface area contributed by atoms with E-state index in [0.29, 0.717) is 0 Å². The number of allylic oxidation sites excluding steroid dienone is 2. The summed E-state index contributed by atoms with van der Waals surface area (Å²) in [4.78, 5) is 4.75. The fourth-order valence-electron chi connectivity index (χ4n) is 5.01. The molecule has 39 heavy (non-hydrogen) atoms. The maximum atomic E-state index is 6.22. The zero-order valence-electron chi connectivity index (χ0n) is 23.6. The maximum Gasteiger partial charge on any atom is 0.0406 e. The quantitative estimate of drug-likeness (QED) is 0.177. The van der Waals surface area contributed by atoms with Gasteiger partial charge in [0.05, 0.1) is 0 Å². The largest absolute Gasteiger partial charge is 0.372 e. The Morgan fingerprint density at radius 1 is 0.487 bits per heavy atom. The Hall–Kier alpha value is -3.75. The van der Waals surface area contributed by atoms with E-state index in [1.807, 2.05) is 12.1 Å². The zero-order valence-corrected chi connectivity index (χ0v) is 24.3. The summed E-state index contributed by atoms with van der Waals surface area (Å²) in [5, 5.41) is 0.740. The molecule has 0 aliphatic heterocycles. The minimum Gasteiger partial charge on any atom is -0.372 e. The van der Waals surface area contributed by atoms with E-state index in [4.69, 9.17) is 11.6 Å². The smallest absolute Gasteiger partial charge is 0.0406 e. The van der Waals surface area contributed by atoms with Crippen LogP contribution in [-0.4, -0.2) is 26.2 Å². The van der Waals surface area contributed by atoms with Crippen LogP contribution in [0, 0.1) is 0 Å². The van der Waals surface area contributed by atoms with Crippen LogP contribution in [-0.2, 0) is 0 Å². The van der Waals surface area contributed by atoms with Crippen LogP contribution < -0.4 is 9.80 Å². The highest BCUT2D eigenvalue weighted by atomic mass is 35.5. The number of hydrogen-bond acceptors (Lipinski definition) is 2. The molecule has 0 fully saturated rings. The van der Waals surface area contributed by atoms with E-state index in [1.165, 1.54) is 33.6 Å². The molecule has 4 aromatic rings. The van der Waals surface area contributed by atoms with Crippen molar-refractivity contribution in [3.05, 3.63) is 143 Å². The monoisotopic (exact) mass is 534 g/mol. The van der Waals surface area contributed by atoms with Gasteiger partial charge < -0.3 is 9.80 Å². The van der Waals surface area contributed by atoms with Crippen LogP contribution in [0.5, 0.6) is 0 Å². The van der Waals surface area contributed by atoms with Crippen LogP contribution in [0.4, 0.5) is 11.4 Å². The summed E-state index contributed by atoms with van der Waals surface area (Å²) in [6.45, 7) is 12.8. The zero-order chi connectivity index (χ0) is 27.6. The number of rotatable bonds is 11. The van der Waals surface area contributed by atoms with E-state index in [-0.39, 0.29) is 0 Å². The third kappa shape index (κ3) is 7.02.